The maximum absolute atomic E-state index is 13.5. The standard InChI is InChI=1S/C20H18FN3O3/c1-13-22-19(23-27-13)12-26-17-6-2-4-15(11-17)20(25)24-9-3-5-14-10-16(21)7-8-18(14)24/h2,4,6-8,10-11H,3,5,9,12H2,1H3. The molecule has 3 aromatic rings. The van der Waals surface area contributed by atoms with Crippen LogP contribution >= 0.6 is 0 Å². The number of halogens is 1. The van der Waals surface area contributed by atoms with Gasteiger partial charge in [0.1, 0.15) is 11.6 Å². The van der Waals surface area contributed by atoms with Crippen molar-refractivity contribution in [3.05, 3.63) is 71.1 Å². The van der Waals surface area contributed by atoms with E-state index in [9.17, 15) is 9.18 Å². The van der Waals surface area contributed by atoms with Crippen LogP contribution in [0.4, 0.5) is 10.1 Å². The third-order valence-electron chi connectivity index (χ3n) is 4.42. The van der Waals surface area contributed by atoms with Gasteiger partial charge in [-0.05, 0) is 54.8 Å². The minimum atomic E-state index is -0.282. The summed E-state index contributed by atoms with van der Waals surface area (Å²) in [6.45, 7) is 2.46. The molecule has 1 aliphatic rings. The number of carbonyl (C=O) groups is 1. The molecule has 0 saturated heterocycles. The second-order valence-electron chi connectivity index (χ2n) is 6.38. The highest BCUT2D eigenvalue weighted by Crippen LogP contribution is 2.29. The number of benzene rings is 2. The van der Waals surface area contributed by atoms with E-state index in [4.69, 9.17) is 9.26 Å². The lowest BCUT2D eigenvalue weighted by atomic mass is 10.0. The SMILES string of the molecule is Cc1nc(COc2cccc(C(=O)N3CCCc4cc(F)ccc43)c2)no1. The maximum Gasteiger partial charge on any atom is 0.258 e. The van der Waals surface area contributed by atoms with Crippen LogP contribution in [0.1, 0.15) is 34.1 Å². The Balaban J connectivity index is 1.53. The molecule has 0 radical (unpaired) electrons. The minimum Gasteiger partial charge on any atom is -0.485 e. The van der Waals surface area contributed by atoms with Crippen molar-refractivity contribution in [2.75, 3.05) is 11.4 Å². The summed E-state index contributed by atoms with van der Waals surface area (Å²) >= 11 is 0. The van der Waals surface area contributed by atoms with Crippen molar-refractivity contribution >= 4 is 11.6 Å². The number of aromatic nitrogens is 2. The predicted molar refractivity (Wildman–Crippen MR) is 96.2 cm³/mol. The summed E-state index contributed by atoms with van der Waals surface area (Å²) in [5.74, 6) is 1.03. The van der Waals surface area contributed by atoms with E-state index in [1.54, 1.807) is 42.2 Å². The molecule has 0 aliphatic carbocycles. The fourth-order valence-corrected chi connectivity index (χ4v) is 3.20. The number of fused-ring (bicyclic) bond motifs is 1. The van der Waals surface area contributed by atoms with Gasteiger partial charge in [-0.2, -0.15) is 4.98 Å². The van der Waals surface area contributed by atoms with Crippen LogP contribution < -0.4 is 9.64 Å². The van der Waals surface area contributed by atoms with E-state index in [0.717, 1.165) is 24.1 Å². The number of amides is 1. The lowest BCUT2D eigenvalue weighted by Crippen LogP contribution is -2.35. The van der Waals surface area contributed by atoms with Crippen LogP contribution in [0.2, 0.25) is 0 Å². The Hall–Kier alpha value is -3.22. The molecule has 1 aliphatic heterocycles. The molecule has 27 heavy (non-hydrogen) atoms. The third kappa shape index (κ3) is 3.67. The molecule has 6 nitrogen and oxygen atoms in total. The van der Waals surface area contributed by atoms with E-state index in [2.05, 4.69) is 10.1 Å². The topological polar surface area (TPSA) is 68.5 Å². The van der Waals surface area contributed by atoms with Gasteiger partial charge in [-0.1, -0.05) is 11.2 Å². The highest BCUT2D eigenvalue weighted by atomic mass is 19.1. The minimum absolute atomic E-state index is 0.136. The lowest BCUT2D eigenvalue weighted by Gasteiger charge is -2.29. The zero-order valence-corrected chi connectivity index (χ0v) is 14.8. The number of ether oxygens (including phenoxy) is 1. The number of nitrogens with zero attached hydrogens (tertiary/aromatic N) is 3. The molecule has 1 aromatic heterocycles. The first-order valence-corrected chi connectivity index (χ1v) is 8.72. The lowest BCUT2D eigenvalue weighted by molar-refractivity contribution is 0.0984. The summed E-state index contributed by atoms with van der Waals surface area (Å²) in [6, 6.07) is 11.5. The van der Waals surface area contributed by atoms with Gasteiger partial charge in [0, 0.05) is 24.7 Å². The Morgan fingerprint density at radius 2 is 2.19 bits per heavy atom. The summed E-state index contributed by atoms with van der Waals surface area (Å²) < 4.78 is 24.1. The van der Waals surface area contributed by atoms with Crippen LogP contribution in [0.3, 0.4) is 0 Å². The molecule has 0 spiro atoms. The molecule has 0 saturated carbocycles. The quantitative estimate of drug-likeness (QED) is 0.703. The van der Waals surface area contributed by atoms with Crippen LogP contribution in [0, 0.1) is 12.7 Å². The van der Waals surface area contributed by atoms with Gasteiger partial charge in [-0.25, -0.2) is 4.39 Å². The van der Waals surface area contributed by atoms with Gasteiger partial charge in [0.05, 0.1) is 0 Å². The van der Waals surface area contributed by atoms with Crippen LogP contribution in [0.25, 0.3) is 0 Å². The normalized spacial score (nSPS) is 13.3. The van der Waals surface area contributed by atoms with Crippen LogP contribution in [0.5, 0.6) is 5.75 Å². The molecule has 0 unspecified atom stereocenters. The molecule has 138 valence electrons. The fraction of sp³-hybridized carbons (Fsp3) is 0.250. The Bertz CT molecular complexity index is 986. The van der Waals surface area contributed by atoms with Gasteiger partial charge in [0.15, 0.2) is 6.61 Å². The molecule has 1 amide bonds. The summed E-state index contributed by atoms with van der Waals surface area (Å²) in [5.41, 5.74) is 2.13. The van der Waals surface area contributed by atoms with Crippen LogP contribution in [0.15, 0.2) is 47.0 Å². The number of hydrogen-bond donors (Lipinski definition) is 0. The average molecular weight is 367 g/mol. The third-order valence-corrected chi connectivity index (χ3v) is 4.42. The first kappa shape index (κ1) is 17.2. The van der Waals surface area contributed by atoms with Crippen molar-refractivity contribution in [1.82, 2.24) is 10.1 Å². The molecule has 0 fully saturated rings. The van der Waals surface area contributed by atoms with Crippen molar-refractivity contribution in [3.63, 3.8) is 0 Å². The van der Waals surface area contributed by atoms with Crippen molar-refractivity contribution < 1.29 is 18.4 Å². The molecule has 2 heterocycles. The summed E-state index contributed by atoms with van der Waals surface area (Å²) in [4.78, 5) is 18.8. The van der Waals surface area contributed by atoms with Crippen molar-refractivity contribution in [3.8, 4) is 5.75 Å². The van der Waals surface area contributed by atoms with E-state index in [0.29, 0.717) is 29.6 Å². The highest BCUT2D eigenvalue weighted by Gasteiger charge is 2.24. The summed E-state index contributed by atoms with van der Waals surface area (Å²) in [5, 5.41) is 3.78. The van der Waals surface area contributed by atoms with Crippen molar-refractivity contribution in [1.29, 1.82) is 0 Å². The monoisotopic (exact) mass is 367 g/mol. The average Bonchev–Trinajstić information content (AvgIpc) is 3.10. The van der Waals surface area contributed by atoms with E-state index in [-0.39, 0.29) is 18.3 Å². The maximum atomic E-state index is 13.5. The Kier molecular flexibility index (Phi) is 4.58. The van der Waals surface area contributed by atoms with Crippen LogP contribution in [-0.2, 0) is 13.0 Å². The van der Waals surface area contributed by atoms with Gasteiger partial charge in [0.2, 0.25) is 11.7 Å². The van der Waals surface area contributed by atoms with Gasteiger partial charge in [-0.15, -0.1) is 0 Å². The second kappa shape index (κ2) is 7.19. The molecule has 0 N–H and O–H groups in total. The summed E-state index contributed by atoms with van der Waals surface area (Å²) in [7, 11) is 0. The molecule has 7 heteroatoms. The van der Waals surface area contributed by atoms with E-state index < -0.39 is 0 Å². The smallest absolute Gasteiger partial charge is 0.258 e. The van der Waals surface area contributed by atoms with Crippen molar-refractivity contribution in [2.45, 2.75) is 26.4 Å². The van der Waals surface area contributed by atoms with E-state index in [1.165, 1.54) is 12.1 Å². The molecular formula is C20H18FN3O3. The molecule has 0 bridgehead atoms. The number of anilines is 1. The zero-order chi connectivity index (χ0) is 18.8. The second-order valence-corrected chi connectivity index (χ2v) is 6.38. The molecule has 0 atom stereocenters. The van der Waals surface area contributed by atoms with E-state index >= 15 is 0 Å². The first-order valence-electron chi connectivity index (χ1n) is 8.72. The largest absolute Gasteiger partial charge is 0.485 e. The molecule has 4 rings (SSSR count). The van der Waals surface area contributed by atoms with Gasteiger partial charge in [0.25, 0.3) is 5.91 Å². The Labute approximate surface area is 155 Å². The Morgan fingerprint density at radius 1 is 1.30 bits per heavy atom. The highest BCUT2D eigenvalue weighted by molar-refractivity contribution is 6.07. The number of carbonyl (C=O) groups excluding carboxylic acids is 1. The number of rotatable bonds is 4. The first-order chi connectivity index (χ1) is 13.1. The van der Waals surface area contributed by atoms with Gasteiger partial charge >= 0.3 is 0 Å². The number of hydrogen-bond acceptors (Lipinski definition) is 5. The van der Waals surface area contributed by atoms with E-state index in [1.807, 2.05) is 0 Å². The number of aryl methyl sites for hydroxylation is 2. The fourth-order valence-electron chi connectivity index (χ4n) is 3.20. The van der Waals surface area contributed by atoms with Gasteiger partial charge < -0.3 is 14.2 Å². The van der Waals surface area contributed by atoms with Crippen LogP contribution in [-0.4, -0.2) is 22.6 Å². The molecular weight excluding hydrogens is 349 g/mol. The van der Waals surface area contributed by atoms with Crippen molar-refractivity contribution in [2.24, 2.45) is 0 Å². The van der Waals surface area contributed by atoms with Gasteiger partial charge in [-0.3, -0.25) is 4.79 Å². The Morgan fingerprint density at radius 3 is 3.00 bits per heavy atom. The predicted octanol–water partition coefficient (Wildman–Crippen LogP) is 3.69. The zero-order valence-electron chi connectivity index (χ0n) is 14.8. The molecule has 2 aromatic carbocycles. The summed E-state index contributed by atoms with van der Waals surface area (Å²) in [6.07, 6.45) is 1.57.